The number of nitrogens with zero attached hydrogens (tertiary/aromatic N) is 2. The Labute approximate surface area is 176 Å². The Morgan fingerprint density at radius 2 is 1.71 bits per heavy atom. The van der Waals surface area contributed by atoms with Gasteiger partial charge in [0.1, 0.15) is 0 Å². The number of hydrogen-bond donors (Lipinski definition) is 1. The third-order valence-electron chi connectivity index (χ3n) is 6.71. The molecule has 3 aliphatic rings. The summed E-state index contributed by atoms with van der Waals surface area (Å²) in [5, 5.41) is 3.41. The van der Waals surface area contributed by atoms with Crippen LogP contribution in [0.3, 0.4) is 0 Å². The molecular weight excluding hydrogens is 378 g/mol. The predicted molar refractivity (Wildman–Crippen MR) is 113 cm³/mol. The zero-order valence-corrected chi connectivity index (χ0v) is 18.2. The Bertz CT molecular complexity index is 491. The van der Waals surface area contributed by atoms with E-state index in [2.05, 4.69) is 15.1 Å². The van der Waals surface area contributed by atoms with Crippen molar-refractivity contribution in [1.82, 2.24) is 15.1 Å². The molecule has 1 N–H and O–H groups in total. The van der Waals surface area contributed by atoms with Crippen LogP contribution in [0.5, 0.6) is 0 Å². The summed E-state index contributed by atoms with van der Waals surface area (Å²) >= 11 is 0. The highest BCUT2D eigenvalue weighted by molar-refractivity contribution is 5.85. The van der Waals surface area contributed by atoms with Gasteiger partial charge in [0.25, 0.3) is 0 Å². The first-order valence-electron chi connectivity index (χ1n) is 11.1. The Hall–Kier alpha value is -1.01. The van der Waals surface area contributed by atoms with E-state index in [1.54, 1.807) is 0 Å². The second-order valence-corrected chi connectivity index (χ2v) is 8.46. The molecule has 2 aliphatic heterocycles. The van der Waals surface area contributed by atoms with Crippen LogP contribution in [0.4, 0.5) is 4.79 Å². The summed E-state index contributed by atoms with van der Waals surface area (Å²) in [6, 6.07) is 0.666. The van der Waals surface area contributed by atoms with Crippen molar-refractivity contribution in [2.24, 2.45) is 11.8 Å². The molecule has 2 amide bonds. The fourth-order valence-electron chi connectivity index (χ4n) is 4.96. The zero-order chi connectivity index (χ0) is 19.1. The quantitative estimate of drug-likeness (QED) is 0.617. The van der Waals surface area contributed by atoms with E-state index in [1.165, 1.54) is 12.8 Å². The van der Waals surface area contributed by atoms with Gasteiger partial charge in [-0.15, -0.1) is 12.4 Å². The van der Waals surface area contributed by atoms with Crippen LogP contribution in [0.1, 0.15) is 64.7 Å². The van der Waals surface area contributed by atoms with Crippen LogP contribution in [0.15, 0.2) is 0 Å². The number of hydrogen-bond acceptors (Lipinski definition) is 4. The van der Waals surface area contributed by atoms with Crippen molar-refractivity contribution in [2.75, 3.05) is 39.3 Å². The average Bonchev–Trinajstić information content (AvgIpc) is 3.07. The molecule has 2 heterocycles. The minimum Gasteiger partial charge on any atom is -0.466 e. The van der Waals surface area contributed by atoms with Crippen LogP contribution in [0.25, 0.3) is 0 Å². The lowest BCUT2D eigenvalue weighted by Gasteiger charge is -2.34. The van der Waals surface area contributed by atoms with Gasteiger partial charge in [0.05, 0.1) is 6.61 Å². The van der Waals surface area contributed by atoms with Gasteiger partial charge >= 0.3 is 12.0 Å². The van der Waals surface area contributed by atoms with E-state index in [1.807, 2.05) is 6.92 Å². The molecule has 0 unspecified atom stereocenters. The van der Waals surface area contributed by atoms with Gasteiger partial charge in [0.2, 0.25) is 0 Å². The monoisotopic (exact) mass is 415 g/mol. The van der Waals surface area contributed by atoms with Crippen LogP contribution in [0.2, 0.25) is 0 Å². The van der Waals surface area contributed by atoms with Crippen molar-refractivity contribution >= 4 is 24.4 Å². The first-order valence-corrected chi connectivity index (χ1v) is 11.1. The van der Waals surface area contributed by atoms with Gasteiger partial charge in [-0.2, -0.15) is 0 Å². The van der Waals surface area contributed by atoms with E-state index >= 15 is 0 Å². The van der Waals surface area contributed by atoms with Crippen molar-refractivity contribution in [1.29, 1.82) is 0 Å². The molecule has 0 spiro atoms. The Kier molecular flexibility index (Phi) is 9.86. The number of urea groups is 1. The van der Waals surface area contributed by atoms with Gasteiger partial charge in [0.15, 0.2) is 0 Å². The molecule has 2 saturated heterocycles. The fraction of sp³-hybridized carbons (Fsp3) is 0.905. The normalized spacial score (nSPS) is 26.2. The van der Waals surface area contributed by atoms with Crippen molar-refractivity contribution < 1.29 is 14.3 Å². The molecule has 0 aromatic heterocycles. The van der Waals surface area contributed by atoms with Crippen LogP contribution < -0.4 is 5.32 Å². The van der Waals surface area contributed by atoms with Crippen molar-refractivity contribution in [2.45, 2.75) is 70.8 Å². The second-order valence-electron chi connectivity index (χ2n) is 8.46. The molecule has 3 rings (SSSR count). The van der Waals surface area contributed by atoms with E-state index < -0.39 is 0 Å². The Morgan fingerprint density at radius 1 is 1.04 bits per heavy atom. The maximum Gasteiger partial charge on any atom is 0.320 e. The van der Waals surface area contributed by atoms with Gasteiger partial charge in [-0.05, 0) is 83.2 Å². The molecule has 0 aromatic rings. The van der Waals surface area contributed by atoms with Crippen molar-refractivity contribution in [3.8, 4) is 0 Å². The second kappa shape index (κ2) is 11.9. The highest BCUT2D eigenvalue weighted by atomic mass is 35.5. The molecule has 28 heavy (non-hydrogen) atoms. The highest BCUT2D eigenvalue weighted by Gasteiger charge is 2.35. The number of amides is 2. The van der Waals surface area contributed by atoms with E-state index in [0.29, 0.717) is 25.0 Å². The number of carbonyl (C=O) groups excluding carboxylic acids is 2. The first kappa shape index (κ1) is 23.3. The minimum atomic E-state index is -0.0706. The van der Waals surface area contributed by atoms with Crippen LogP contribution in [0, 0.1) is 11.8 Å². The smallest absolute Gasteiger partial charge is 0.320 e. The number of nitrogens with one attached hydrogen (secondary N) is 1. The first-order chi connectivity index (χ1) is 13.2. The molecule has 0 atom stereocenters. The largest absolute Gasteiger partial charge is 0.466 e. The zero-order valence-electron chi connectivity index (χ0n) is 17.4. The molecule has 7 heteroatoms. The van der Waals surface area contributed by atoms with Crippen LogP contribution >= 0.6 is 12.4 Å². The van der Waals surface area contributed by atoms with Gasteiger partial charge in [-0.1, -0.05) is 0 Å². The maximum absolute atomic E-state index is 12.8. The van der Waals surface area contributed by atoms with Gasteiger partial charge in [0, 0.05) is 32.1 Å². The van der Waals surface area contributed by atoms with Crippen molar-refractivity contribution in [3.63, 3.8) is 0 Å². The number of esters is 1. The van der Waals surface area contributed by atoms with E-state index in [4.69, 9.17) is 4.74 Å². The van der Waals surface area contributed by atoms with Gasteiger partial charge in [-0.25, -0.2) is 4.79 Å². The average molecular weight is 416 g/mol. The summed E-state index contributed by atoms with van der Waals surface area (Å²) in [5.74, 6) is 1.32. The number of ether oxygens (including phenoxy) is 1. The maximum atomic E-state index is 12.8. The van der Waals surface area contributed by atoms with E-state index in [9.17, 15) is 9.59 Å². The third kappa shape index (κ3) is 6.51. The lowest BCUT2D eigenvalue weighted by Crippen LogP contribution is -2.41. The summed E-state index contributed by atoms with van der Waals surface area (Å²) in [5.41, 5.74) is 0. The summed E-state index contributed by atoms with van der Waals surface area (Å²) in [6.45, 7) is 7.29. The van der Waals surface area contributed by atoms with Crippen molar-refractivity contribution in [3.05, 3.63) is 0 Å². The molecule has 0 aromatic carbocycles. The van der Waals surface area contributed by atoms with Gasteiger partial charge in [-0.3, -0.25) is 4.79 Å². The predicted octanol–water partition coefficient (Wildman–Crippen LogP) is 3.44. The molecule has 162 valence electrons. The fourth-order valence-corrected chi connectivity index (χ4v) is 4.96. The lowest BCUT2D eigenvalue weighted by atomic mass is 9.83. The molecule has 6 nitrogen and oxygen atoms in total. The number of piperidine rings is 1. The SMILES string of the molecule is CCOC(=O)CC[C@H]1CC[C@H](N2CCN(CCC3CCNCC3)C2=O)CC1.Cl. The molecular formula is C21H38ClN3O3. The molecule has 0 bridgehead atoms. The highest BCUT2D eigenvalue weighted by Crippen LogP contribution is 2.32. The molecule has 1 saturated carbocycles. The minimum absolute atomic E-state index is 0. The Balaban J connectivity index is 0.00000280. The third-order valence-corrected chi connectivity index (χ3v) is 6.71. The number of halogens is 1. The summed E-state index contributed by atoms with van der Waals surface area (Å²) in [4.78, 5) is 28.6. The molecule has 3 fully saturated rings. The van der Waals surface area contributed by atoms with E-state index in [0.717, 1.165) is 77.2 Å². The summed E-state index contributed by atoms with van der Waals surface area (Å²) in [7, 11) is 0. The topological polar surface area (TPSA) is 61.9 Å². The standard InChI is InChI=1S/C21H37N3O3.ClH/c1-2-27-20(25)8-5-17-3-6-19(7-4-17)24-16-15-23(21(24)26)14-11-18-9-12-22-13-10-18;/h17-19,22H,2-16H2,1H3;1H/t17-,19-;. The molecule has 1 aliphatic carbocycles. The molecule has 0 radical (unpaired) electrons. The summed E-state index contributed by atoms with van der Waals surface area (Å²) in [6.07, 6.45) is 9.55. The number of carbonyl (C=O) groups is 2. The number of rotatable bonds is 8. The van der Waals surface area contributed by atoms with Crippen LogP contribution in [-0.2, 0) is 9.53 Å². The van der Waals surface area contributed by atoms with E-state index in [-0.39, 0.29) is 24.4 Å². The summed E-state index contributed by atoms with van der Waals surface area (Å²) < 4.78 is 5.03. The van der Waals surface area contributed by atoms with Crippen LogP contribution in [-0.4, -0.2) is 67.2 Å². The Morgan fingerprint density at radius 3 is 2.39 bits per heavy atom. The van der Waals surface area contributed by atoms with Gasteiger partial charge < -0.3 is 19.9 Å². The lowest BCUT2D eigenvalue weighted by molar-refractivity contribution is -0.143.